The first kappa shape index (κ1) is 15.3. The molecular formula is C16H14ClFO3. The predicted octanol–water partition coefficient (Wildman–Crippen LogP) is 3.90. The number of hydrogen-bond donors (Lipinski definition) is 1. The Kier molecular flexibility index (Phi) is 4.81. The molecule has 0 aliphatic rings. The molecule has 1 unspecified atom stereocenters. The predicted molar refractivity (Wildman–Crippen MR) is 78.5 cm³/mol. The van der Waals surface area contributed by atoms with Gasteiger partial charge >= 0.3 is 5.97 Å². The lowest BCUT2D eigenvalue weighted by atomic mass is 9.92. The third kappa shape index (κ3) is 3.73. The van der Waals surface area contributed by atoms with Gasteiger partial charge in [-0.25, -0.2) is 4.39 Å². The molecule has 1 atom stereocenters. The number of halogens is 2. The van der Waals surface area contributed by atoms with Gasteiger partial charge in [0.2, 0.25) is 0 Å². The zero-order chi connectivity index (χ0) is 15.4. The molecule has 0 fully saturated rings. The molecule has 0 saturated carbocycles. The second-order valence-electron chi connectivity index (χ2n) is 4.62. The van der Waals surface area contributed by atoms with E-state index in [0.717, 1.165) is 0 Å². The van der Waals surface area contributed by atoms with Crippen LogP contribution >= 0.6 is 11.6 Å². The van der Waals surface area contributed by atoms with E-state index in [0.29, 0.717) is 16.1 Å². The van der Waals surface area contributed by atoms with Crippen LogP contribution in [0.5, 0.6) is 5.75 Å². The summed E-state index contributed by atoms with van der Waals surface area (Å²) < 4.78 is 18.5. The summed E-state index contributed by atoms with van der Waals surface area (Å²) in [5.41, 5.74) is 1.22. The minimum absolute atomic E-state index is 0.136. The topological polar surface area (TPSA) is 46.5 Å². The first-order valence-electron chi connectivity index (χ1n) is 6.32. The van der Waals surface area contributed by atoms with Crippen molar-refractivity contribution in [2.75, 3.05) is 7.11 Å². The molecule has 0 aromatic heterocycles. The maximum Gasteiger partial charge on any atom is 0.311 e. The Morgan fingerprint density at radius 3 is 2.48 bits per heavy atom. The molecule has 3 nitrogen and oxygen atoms in total. The summed E-state index contributed by atoms with van der Waals surface area (Å²) in [5.74, 6) is -2.09. The summed E-state index contributed by atoms with van der Waals surface area (Å²) >= 11 is 5.80. The van der Waals surface area contributed by atoms with Crippen LogP contribution in [0.4, 0.5) is 4.39 Å². The van der Waals surface area contributed by atoms with Crippen LogP contribution in [0.2, 0.25) is 5.02 Å². The van der Waals surface area contributed by atoms with E-state index in [2.05, 4.69) is 0 Å². The number of benzene rings is 2. The minimum Gasteiger partial charge on any atom is -0.494 e. The van der Waals surface area contributed by atoms with Crippen molar-refractivity contribution in [3.8, 4) is 5.75 Å². The van der Waals surface area contributed by atoms with Gasteiger partial charge in [0.1, 0.15) is 0 Å². The Balaban J connectivity index is 2.26. The van der Waals surface area contributed by atoms with Crippen LogP contribution in [-0.4, -0.2) is 18.2 Å². The Hall–Kier alpha value is -2.07. The van der Waals surface area contributed by atoms with Crippen molar-refractivity contribution in [3.63, 3.8) is 0 Å². The zero-order valence-corrected chi connectivity index (χ0v) is 12.1. The lowest BCUT2D eigenvalue weighted by Gasteiger charge is -2.13. The molecule has 110 valence electrons. The number of aliphatic carboxylic acids is 1. The van der Waals surface area contributed by atoms with Crippen molar-refractivity contribution >= 4 is 17.6 Å². The van der Waals surface area contributed by atoms with E-state index in [-0.39, 0.29) is 12.2 Å². The van der Waals surface area contributed by atoms with Crippen LogP contribution in [0.3, 0.4) is 0 Å². The normalized spacial score (nSPS) is 12.0. The molecule has 1 N–H and O–H groups in total. The monoisotopic (exact) mass is 308 g/mol. The fraction of sp³-hybridized carbons (Fsp3) is 0.188. The molecule has 2 aromatic carbocycles. The third-order valence-corrected chi connectivity index (χ3v) is 3.48. The summed E-state index contributed by atoms with van der Waals surface area (Å²) in [6, 6.07) is 11.1. The highest BCUT2D eigenvalue weighted by Gasteiger charge is 2.21. The van der Waals surface area contributed by atoms with Gasteiger partial charge in [0, 0.05) is 5.02 Å². The quantitative estimate of drug-likeness (QED) is 0.911. The largest absolute Gasteiger partial charge is 0.494 e. The number of carboxylic acid groups (broad SMARTS) is 1. The molecule has 0 amide bonds. The van der Waals surface area contributed by atoms with Crippen LogP contribution in [0.15, 0.2) is 42.5 Å². The molecule has 5 heteroatoms. The van der Waals surface area contributed by atoms with Gasteiger partial charge in [0.15, 0.2) is 11.6 Å². The van der Waals surface area contributed by atoms with Crippen molar-refractivity contribution in [2.45, 2.75) is 12.3 Å². The number of carbonyl (C=O) groups is 1. The van der Waals surface area contributed by atoms with Gasteiger partial charge in [-0.15, -0.1) is 0 Å². The molecule has 2 rings (SSSR count). The van der Waals surface area contributed by atoms with E-state index in [1.165, 1.54) is 19.2 Å². The molecule has 0 bridgehead atoms. The number of carboxylic acids is 1. The van der Waals surface area contributed by atoms with Gasteiger partial charge in [0.25, 0.3) is 0 Å². The van der Waals surface area contributed by atoms with Crippen LogP contribution in [0, 0.1) is 5.82 Å². The van der Waals surface area contributed by atoms with E-state index in [1.807, 2.05) is 0 Å². The molecule has 0 radical (unpaired) electrons. The van der Waals surface area contributed by atoms with E-state index in [1.54, 1.807) is 30.3 Å². The molecule has 0 spiro atoms. The smallest absolute Gasteiger partial charge is 0.311 e. The van der Waals surface area contributed by atoms with Gasteiger partial charge in [-0.1, -0.05) is 29.8 Å². The molecule has 21 heavy (non-hydrogen) atoms. The highest BCUT2D eigenvalue weighted by Crippen LogP contribution is 2.25. The Bertz CT molecular complexity index is 640. The summed E-state index contributed by atoms with van der Waals surface area (Å²) in [4.78, 5) is 11.4. The second-order valence-corrected chi connectivity index (χ2v) is 5.05. The van der Waals surface area contributed by atoms with Crippen molar-refractivity contribution in [2.24, 2.45) is 0 Å². The van der Waals surface area contributed by atoms with Crippen molar-refractivity contribution in [1.29, 1.82) is 0 Å². The van der Waals surface area contributed by atoms with E-state index in [4.69, 9.17) is 16.3 Å². The van der Waals surface area contributed by atoms with Gasteiger partial charge in [-0.05, 0) is 41.8 Å². The van der Waals surface area contributed by atoms with E-state index in [9.17, 15) is 14.3 Å². The molecule has 0 saturated heterocycles. The van der Waals surface area contributed by atoms with E-state index < -0.39 is 17.7 Å². The highest BCUT2D eigenvalue weighted by atomic mass is 35.5. The average molecular weight is 309 g/mol. The fourth-order valence-electron chi connectivity index (χ4n) is 2.12. The Labute approximate surface area is 126 Å². The lowest BCUT2D eigenvalue weighted by molar-refractivity contribution is -0.138. The van der Waals surface area contributed by atoms with E-state index >= 15 is 0 Å². The average Bonchev–Trinajstić information content (AvgIpc) is 2.46. The fourth-order valence-corrected chi connectivity index (χ4v) is 2.24. The van der Waals surface area contributed by atoms with Crippen molar-refractivity contribution < 1.29 is 19.0 Å². The molecule has 0 aliphatic carbocycles. The lowest BCUT2D eigenvalue weighted by Crippen LogP contribution is -2.14. The third-order valence-electron chi connectivity index (χ3n) is 3.23. The second kappa shape index (κ2) is 6.59. The van der Waals surface area contributed by atoms with Crippen LogP contribution < -0.4 is 4.74 Å². The van der Waals surface area contributed by atoms with Crippen LogP contribution in [0.25, 0.3) is 0 Å². The number of methoxy groups -OCH3 is 1. The maximum absolute atomic E-state index is 13.7. The summed E-state index contributed by atoms with van der Waals surface area (Å²) in [5, 5.41) is 9.92. The number of hydrogen-bond acceptors (Lipinski definition) is 2. The zero-order valence-electron chi connectivity index (χ0n) is 11.3. The minimum atomic E-state index is -0.964. The molecule has 2 aromatic rings. The van der Waals surface area contributed by atoms with Crippen molar-refractivity contribution in [3.05, 3.63) is 64.4 Å². The van der Waals surface area contributed by atoms with Gasteiger partial charge in [-0.3, -0.25) is 4.79 Å². The SMILES string of the molecule is COc1ccc(CC(C(=O)O)c2ccc(Cl)cc2)cc1F. The molecular weight excluding hydrogens is 295 g/mol. The maximum atomic E-state index is 13.7. The molecule has 0 heterocycles. The van der Waals surface area contributed by atoms with Gasteiger partial charge < -0.3 is 9.84 Å². The van der Waals surface area contributed by atoms with Gasteiger partial charge in [0.05, 0.1) is 13.0 Å². The van der Waals surface area contributed by atoms with Crippen LogP contribution in [-0.2, 0) is 11.2 Å². The summed E-state index contributed by atoms with van der Waals surface area (Å²) in [7, 11) is 1.38. The molecule has 0 aliphatic heterocycles. The first-order chi connectivity index (χ1) is 10.0. The van der Waals surface area contributed by atoms with Crippen LogP contribution in [0.1, 0.15) is 17.0 Å². The summed E-state index contributed by atoms with van der Waals surface area (Å²) in [6.45, 7) is 0. The first-order valence-corrected chi connectivity index (χ1v) is 6.69. The Morgan fingerprint density at radius 2 is 1.95 bits per heavy atom. The summed E-state index contributed by atoms with van der Waals surface area (Å²) in [6.07, 6.45) is 0.192. The number of rotatable bonds is 5. The standard InChI is InChI=1S/C16H14ClFO3/c1-21-15-7-2-10(9-14(15)18)8-13(16(19)20)11-3-5-12(17)6-4-11/h2-7,9,13H,8H2,1H3,(H,19,20). The number of ether oxygens (including phenoxy) is 1. The Morgan fingerprint density at radius 1 is 1.29 bits per heavy atom. The van der Waals surface area contributed by atoms with Crippen molar-refractivity contribution in [1.82, 2.24) is 0 Å². The van der Waals surface area contributed by atoms with Gasteiger partial charge in [-0.2, -0.15) is 0 Å². The highest BCUT2D eigenvalue weighted by molar-refractivity contribution is 6.30.